The maximum absolute atomic E-state index is 13.4. The van der Waals surface area contributed by atoms with Crippen molar-refractivity contribution in [3.8, 4) is 0 Å². The van der Waals surface area contributed by atoms with Gasteiger partial charge in [-0.05, 0) is 38.0 Å². The van der Waals surface area contributed by atoms with Crippen LogP contribution >= 0.6 is 24.0 Å². The van der Waals surface area contributed by atoms with Crippen LogP contribution in [0.25, 0.3) is 11.0 Å². The van der Waals surface area contributed by atoms with Gasteiger partial charge in [-0.1, -0.05) is 0 Å². The summed E-state index contributed by atoms with van der Waals surface area (Å²) in [5.41, 5.74) is 1.63. The zero-order valence-corrected chi connectivity index (χ0v) is 18.0. The molecule has 2 aromatic rings. The molecular formula is C19H27FIN3O3. The van der Waals surface area contributed by atoms with Gasteiger partial charge in [-0.15, -0.1) is 24.0 Å². The number of aliphatic imine (C=N–C) groups is 1. The molecule has 1 aliphatic rings. The van der Waals surface area contributed by atoms with Crippen LogP contribution in [-0.4, -0.2) is 45.5 Å². The molecule has 1 saturated heterocycles. The van der Waals surface area contributed by atoms with Gasteiger partial charge in [-0.2, -0.15) is 0 Å². The summed E-state index contributed by atoms with van der Waals surface area (Å²) in [5, 5.41) is 7.28. The first-order chi connectivity index (χ1) is 12.7. The largest absolute Gasteiger partial charge is 0.459 e. The number of furan rings is 1. The molecule has 1 aromatic heterocycles. The van der Waals surface area contributed by atoms with Crippen molar-refractivity contribution in [2.45, 2.75) is 32.4 Å². The third-order valence-corrected chi connectivity index (χ3v) is 4.49. The highest BCUT2D eigenvalue weighted by molar-refractivity contribution is 14.0. The fourth-order valence-electron chi connectivity index (χ4n) is 2.97. The van der Waals surface area contributed by atoms with Crippen LogP contribution in [0.15, 0.2) is 27.6 Å². The van der Waals surface area contributed by atoms with E-state index in [1.54, 1.807) is 13.1 Å². The topological polar surface area (TPSA) is 68.0 Å². The number of hydrogen-bond donors (Lipinski definition) is 2. The molecule has 0 aliphatic carbocycles. The highest BCUT2D eigenvalue weighted by Gasteiger charge is 2.15. The highest BCUT2D eigenvalue weighted by Crippen LogP contribution is 2.25. The molecule has 0 radical (unpaired) electrons. The molecule has 27 heavy (non-hydrogen) atoms. The first-order valence-electron chi connectivity index (χ1n) is 8.98. The van der Waals surface area contributed by atoms with Gasteiger partial charge in [0.1, 0.15) is 17.2 Å². The van der Waals surface area contributed by atoms with E-state index in [4.69, 9.17) is 13.9 Å². The fourth-order valence-corrected chi connectivity index (χ4v) is 2.97. The molecule has 0 spiro atoms. The van der Waals surface area contributed by atoms with Crippen molar-refractivity contribution in [2.24, 2.45) is 4.99 Å². The van der Waals surface area contributed by atoms with Crippen LogP contribution in [0, 0.1) is 12.7 Å². The molecule has 0 saturated carbocycles. The van der Waals surface area contributed by atoms with E-state index in [1.807, 2.05) is 6.92 Å². The van der Waals surface area contributed by atoms with Crippen molar-refractivity contribution < 1.29 is 18.3 Å². The van der Waals surface area contributed by atoms with Gasteiger partial charge in [0.25, 0.3) is 0 Å². The first kappa shape index (κ1) is 21.9. The van der Waals surface area contributed by atoms with E-state index >= 15 is 0 Å². The van der Waals surface area contributed by atoms with E-state index < -0.39 is 0 Å². The van der Waals surface area contributed by atoms with Crippen LogP contribution < -0.4 is 10.6 Å². The van der Waals surface area contributed by atoms with E-state index in [0.29, 0.717) is 31.3 Å². The number of nitrogens with one attached hydrogen (secondary N) is 2. The van der Waals surface area contributed by atoms with Crippen molar-refractivity contribution >= 4 is 40.9 Å². The summed E-state index contributed by atoms with van der Waals surface area (Å²) >= 11 is 0. The maximum Gasteiger partial charge on any atom is 0.191 e. The maximum atomic E-state index is 13.4. The minimum atomic E-state index is -0.259. The van der Waals surface area contributed by atoms with Crippen molar-refractivity contribution in [3.05, 3.63) is 35.3 Å². The Morgan fingerprint density at radius 2 is 2.22 bits per heavy atom. The number of hydrogen-bond acceptors (Lipinski definition) is 4. The van der Waals surface area contributed by atoms with Gasteiger partial charge < -0.3 is 24.5 Å². The van der Waals surface area contributed by atoms with Gasteiger partial charge in [0.15, 0.2) is 5.96 Å². The Hall–Kier alpha value is -1.39. The van der Waals surface area contributed by atoms with Gasteiger partial charge >= 0.3 is 0 Å². The van der Waals surface area contributed by atoms with E-state index in [9.17, 15) is 4.39 Å². The summed E-state index contributed by atoms with van der Waals surface area (Å²) in [4.78, 5) is 4.21. The number of aryl methyl sites for hydroxylation is 1. The molecule has 3 rings (SSSR count). The third kappa shape index (κ3) is 6.05. The zero-order chi connectivity index (χ0) is 18.4. The smallest absolute Gasteiger partial charge is 0.191 e. The summed E-state index contributed by atoms with van der Waals surface area (Å²) in [5.74, 6) is 1.21. The molecule has 6 nitrogen and oxygen atoms in total. The Kier molecular flexibility index (Phi) is 8.78. The number of ether oxygens (including phenoxy) is 2. The van der Waals surface area contributed by atoms with Crippen LogP contribution in [0.2, 0.25) is 0 Å². The molecular weight excluding hydrogens is 464 g/mol. The van der Waals surface area contributed by atoms with Crippen LogP contribution in [0.5, 0.6) is 0 Å². The summed E-state index contributed by atoms with van der Waals surface area (Å²) < 4.78 is 30.2. The van der Waals surface area contributed by atoms with Gasteiger partial charge in [-0.25, -0.2) is 4.39 Å². The summed E-state index contributed by atoms with van der Waals surface area (Å²) in [7, 11) is 1.72. The Labute approximate surface area is 175 Å². The quantitative estimate of drug-likeness (QED) is 0.269. The normalized spacial score (nSPS) is 17.1. The molecule has 8 heteroatoms. The lowest BCUT2D eigenvalue weighted by molar-refractivity contribution is 0.0420. The number of guanidine groups is 1. The number of benzene rings is 1. The lowest BCUT2D eigenvalue weighted by atomic mass is 10.1. The second kappa shape index (κ2) is 10.8. The highest BCUT2D eigenvalue weighted by atomic mass is 127. The van der Waals surface area contributed by atoms with Crippen molar-refractivity contribution in [2.75, 3.05) is 33.4 Å². The number of rotatable bonds is 7. The molecule has 2 heterocycles. The molecule has 1 unspecified atom stereocenters. The first-order valence-corrected chi connectivity index (χ1v) is 8.98. The molecule has 150 valence electrons. The molecule has 1 aromatic carbocycles. The van der Waals surface area contributed by atoms with Gasteiger partial charge in [-0.3, -0.25) is 4.99 Å². The molecule has 0 amide bonds. The second-order valence-corrected chi connectivity index (χ2v) is 6.35. The Morgan fingerprint density at radius 1 is 1.37 bits per heavy atom. The minimum absolute atomic E-state index is 0. The minimum Gasteiger partial charge on any atom is -0.459 e. The van der Waals surface area contributed by atoms with Crippen LogP contribution in [0.1, 0.15) is 24.2 Å². The lowest BCUT2D eigenvalue weighted by Gasteiger charge is -2.12. The summed E-state index contributed by atoms with van der Waals surface area (Å²) in [6, 6.07) is 4.56. The Bertz CT molecular complexity index is 760. The van der Waals surface area contributed by atoms with Crippen LogP contribution in [-0.2, 0) is 16.0 Å². The van der Waals surface area contributed by atoms with Crippen molar-refractivity contribution in [3.63, 3.8) is 0 Å². The summed E-state index contributed by atoms with van der Waals surface area (Å²) in [6.45, 7) is 5.38. The zero-order valence-electron chi connectivity index (χ0n) is 15.7. The standard InChI is InChI=1S/C19H26FN3O3.HI/c1-13-16-10-14(20)4-5-17(16)26-18(13)11-23-19(21-2)22-7-3-8-25-15-6-9-24-12-15;/h4-5,10,15H,3,6-9,11-12H2,1-2H3,(H2,21,22,23);1H. The monoisotopic (exact) mass is 491 g/mol. The van der Waals surface area contributed by atoms with Gasteiger partial charge in [0.05, 0.1) is 19.3 Å². The molecule has 1 aliphatic heterocycles. The fraction of sp³-hybridized carbons (Fsp3) is 0.526. The molecule has 2 N–H and O–H groups in total. The van der Waals surface area contributed by atoms with Crippen LogP contribution in [0.4, 0.5) is 4.39 Å². The van der Waals surface area contributed by atoms with Crippen molar-refractivity contribution in [1.82, 2.24) is 10.6 Å². The summed E-state index contributed by atoms with van der Waals surface area (Å²) in [6.07, 6.45) is 2.12. The van der Waals surface area contributed by atoms with E-state index in [0.717, 1.165) is 42.7 Å². The Morgan fingerprint density at radius 3 is 2.96 bits per heavy atom. The third-order valence-electron chi connectivity index (χ3n) is 4.49. The molecule has 1 atom stereocenters. The lowest BCUT2D eigenvalue weighted by Crippen LogP contribution is -2.37. The number of fused-ring (bicyclic) bond motifs is 1. The van der Waals surface area contributed by atoms with Gasteiger partial charge in [0, 0.05) is 37.8 Å². The van der Waals surface area contributed by atoms with E-state index in [2.05, 4.69) is 15.6 Å². The average Bonchev–Trinajstić information content (AvgIpc) is 3.26. The second-order valence-electron chi connectivity index (χ2n) is 6.35. The number of nitrogens with zero attached hydrogens (tertiary/aromatic N) is 1. The van der Waals surface area contributed by atoms with Gasteiger partial charge in [0.2, 0.25) is 0 Å². The van der Waals surface area contributed by atoms with Crippen molar-refractivity contribution in [1.29, 1.82) is 0 Å². The molecule has 0 bridgehead atoms. The predicted octanol–water partition coefficient (Wildman–Crippen LogP) is 3.36. The predicted molar refractivity (Wildman–Crippen MR) is 114 cm³/mol. The van der Waals surface area contributed by atoms with Crippen LogP contribution in [0.3, 0.4) is 0 Å². The van der Waals surface area contributed by atoms with E-state index in [-0.39, 0.29) is 35.9 Å². The molecule has 1 fully saturated rings. The SMILES string of the molecule is CN=C(NCCCOC1CCOC1)NCc1oc2ccc(F)cc2c1C.I. The average molecular weight is 491 g/mol. The Balaban J connectivity index is 0.00000261. The number of halogens is 2. The van der Waals surface area contributed by atoms with E-state index in [1.165, 1.54) is 12.1 Å².